The summed E-state index contributed by atoms with van der Waals surface area (Å²) in [6.07, 6.45) is 8.39. The van der Waals surface area contributed by atoms with Crippen LogP contribution in [0.3, 0.4) is 0 Å². The third-order valence-corrected chi connectivity index (χ3v) is 2.86. The van der Waals surface area contributed by atoms with Crippen molar-refractivity contribution in [2.75, 3.05) is 11.9 Å². The average molecular weight is 284 g/mol. The van der Waals surface area contributed by atoms with Gasteiger partial charge >= 0.3 is 0 Å². The number of aryl methyl sites for hydroxylation is 1. The van der Waals surface area contributed by atoms with E-state index in [1.54, 1.807) is 6.20 Å². The molecule has 0 spiro atoms. The lowest BCUT2D eigenvalue weighted by molar-refractivity contribution is 0.612. The first-order chi connectivity index (χ1) is 7.70. The number of nitrogens with one attached hydrogen (secondary N) is 1. The zero-order valence-electron chi connectivity index (χ0n) is 9.16. The Hall–Kier alpha value is -1.28. The number of nitrogens with zero attached hydrogens (tertiary/aromatic N) is 2. The average Bonchev–Trinajstić information content (AvgIpc) is 2.30. The Kier molecular flexibility index (Phi) is 5.06. The van der Waals surface area contributed by atoms with Gasteiger partial charge in [-0.25, -0.2) is 4.68 Å². The van der Waals surface area contributed by atoms with Crippen molar-refractivity contribution in [3.63, 3.8) is 0 Å². The molecule has 5 heteroatoms. The first-order valence-electron chi connectivity index (χ1n) is 5.13. The van der Waals surface area contributed by atoms with Crippen molar-refractivity contribution in [1.82, 2.24) is 9.78 Å². The van der Waals surface area contributed by atoms with Gasteiger partial charge in [-0.15, -0.1) is 12.3 Å². The Balaban J connectivity index is 2.72. The van der Waals surface area contributed by atoms with E-state index in [9.17, 15) is 4.79 Å². The summed E-state index contributed by atoms with van der Waals surface area (Å²) in [5.74, 6) is 2.57. The maximum Gasteiger partial charge on any atom is 0.283 e. The molecule has 0 amide bonds. The van der Waals surface area contributed by atoms with Crippen molar-refractivity contribution in [3.05, 3.63) is 21.0 Å². The summed E-state index contributed by atoms with van der Waals surface area (Å²) in [6.45, 7) is 3.18. The van der Waals surface area contributed by atoms with Crippen LogP contribution in [-0.4, -0.2) is 16.3 Å². The lowest BCUT2D eigenvalue weighted by Gasteiger charge is -2.08. The van der Waals surface area contributed by atoms with Crippen molar-refractivity contribution in [3.8, 4) is 12.3 Å². The highest BCUT2D eigenvalue weighted by atomic mass is 79.9. The topological polar surface area (TPSA) is 46.9 Å². The minimum Gasteiger partial charge on any atom is -0.383 e. The second-order valence-corrected chi connectivity index (χ2v) is 4.02. The number of halogens is 1. The summed E-state index contributed by atoms with van der Waals surface area (Å²) < 4.78 is 1.92. The zero-order chi connectivity index (χ0) is 12.0. The Bertz CT molecular complexity index is 448. The molecule has 0 bridgehead atoms. The molecule has 0 saturated heterocycles. The molecule has 0 unspecified atom stereocenters. The van der Waals surface area contributed by atoms with Gasteiger partial charge in [-0.1, -0.05) is 0 Å². The van der Waals surface area contributed by atoms with Crippen LogP contribution in [-0.2, 0) is 6.54 Å². The molecule has 0 saturated carbocycles. The highest BCUT2D eigenvalue weighted by Crippen LogP contribution is 2.15. The van der Waals surface area contributed by atoms with E-state index in [2.05, 4.69) is 32.3 Å². The summed E-state index contributed by atoms with van der Waals surface area (Å²) in [7, 11) is 0. The molecule has 0 aliphatic carbocycles. The van der Waals surface area contributed by atoms with Crippen LogP contribution in [0, 0.1) is 12.3 Å². The number of aromatic nitrogens is 2. The standard InChI is InChI=1S/C11H14BrN3O/c1-3-5-6-7-13-9-8-14-15(4-2)11(16)10(9)12/h1,8,13H,4-7H2,2H3. The summed E-state index contributed by atoms with van der Waals surface area (Å²) in [5.41, 5.74) is 0.594. The molecule has 1 heterocycles. The van der Waals surface area contributed by atoms with Gasteiger partial charge in [0.15, 0.2) is 0 Å². The van der Waals surface area contributed by atoms with Crippen LogP contribution in [0.15, 0.2) is 15.5 Å². The monoisotopic (exact) mass is 283 g/mol. The number of terminal acetylenes is 1. The minimum atomic E-state index is -0.121. The molecule has 0 fully saturated rings. The molecule has 86 valence electrons. The van der Waals surface area contributed by atoms with Crippen LogP contribution in [0.5, 0.6) is 0 Å². The van der Waals surface area contributed by atoms with Gasteiger partial charge in [-0.2, -0.15) is 5.10 Å². The molecule has 0 aliphatic rings. The minimum absolute atomic E-state index is 0.121. The van der Waals surface area contributed by atoms with Gasteiger partial charge < -0.3 is 5.32 Å². The van der Waals surface area contributed by atoms with Gasteiger partial charge in [0.1, 0.15) is 4.47 Å². The van der Waals surface area contributed by atoms with E-state index in [1.807, 2.05) is 6.92 Å². The molecule has 0 radical (unpaired) electrons. The maximum absolute atomic E-state index is 11.7. The summed E-state index contributed by atoms with van der Waals surface area (Å²) in [4.78, 5) is 11.7. The summed E-state index contributed by atoms with van der Waals surface area (Å²) in [6, 6.07) is 0. The molecule has 1 N–H and O–H groups in total. The van der Waals surface area contributed by atoms with Gasteiger partial charge in [0.05, 0.1) is 11.9 Å². The molecule has 4 nitrogen and oxygen atoms in total. The largest absolute Gasteiger partial charge is 0.383 e. The Morgan fingerprint density at radius 3 is 3.06 bits per heavy atom. The van der Waals surface area contributed by atoms with Gasteiger partial charge in [-0.3, -0.25) is 4.79 Å². The Morgan fingerprint density at radius 1 is 1.69 bits per heavy atom. The first kappa shape index (κ1) is 12.8. The van der Waals surface area contributed by atoms with Crippen LogP contribution < -0.4 is 10.9 Å². The van der Waals surface area contributed by atoms with E-state index in [1.165, 1.54) is 4.68 Å². The highest BCUT2D eigenvalue weighted by molar-refractivity contribution is 9.10. The molecule has 1 aromatic rings. The number of hydrogen-bond donors (Lipinski definition) is 1. The fourth-order valence-electron chi connectivity index (χ4n) is 1.23. The van der Waals surface area contributed by atoms with Gasteiger partial charge in [-0.05, 0) is 29.3 Å². The fourth-order valence-corrected chi connectivity index (χ4v) is 1.67. The lowest BCUT2D eigenvalue weighted by atomic mass is 10.3. The smallest absolute Gasteiger partial charge is 0.283 e. The van der Waals surface area contributed by atoms with Crippen LogP contribution in [0.2, 0.25) is 0 Å². The van der Waals surface area contributed by atoms with E-state index in [0.717, 1.165) is 19.4 Å². The second kappa shape index (κ2) is 6.33. The molecule has 0 atom stereocenters. The molecular weight excluding hydrogens is 270 g/mol. The molecule has 16 heavy (non-hydrogen) atoms. The first-order valence-corrected chi connectivity index (χ1v) is 5.93. The predicted molar refractivity (Wildman–Crippen MR) is 68.4 cm³/mol. The molecule has 0 aliphatic heterocycles. The van der Waals surface area contributed by atoms with Crippen molar-refractivity contribution in [2.45, 2.75) is 26.3 Å². The Labute approximate surface area is 103 Å². The summed E-state index contributed by atoms with van der Waals surface area (Å²) in [5, 5.41) is 7.15. The Morgan fingerprint density at radius 2 is 2.44 bits per heavy atom. The van der Waals surface area contributed by atoms with Crippen LogP contribution in [0.1, 0.15) is 19.8 Å². The van der Waals surface area contributed by atoms with E-state index >= 15 is 0 Å². The van der Waals surface area contributed by atoms with Crippen molar-refractivity contribution in [2.24, 2.45) is 0 Å². The van der Waals surface area contributed by atoms with E-state index in [4.69, 9.17) is 6.42 Å². The maximum atomic E-state index is 11.7. The number of anilines is 1. The number of unbranched alkanes of at least 4 members (excludes halogenated alkanes) is 1. The fraction of sp³-hybridized carbons (Fsp3) is 0.455. The molecule has 1 aromatic heterocycles. The van der Waals surface area contributed by atoms with Gasteiger partial charge in [0.2, 0.25) is 0 Å². The third kappa shape index (κ3) is 3.11. The second-order valence-electron chi connectivity index (χ2n) is 3.23. The highest BCUT2D eigenvalue weighted by Gasteiger charge is 2.06. The third-order valence-electron chi connectivity index (χ3n) is 2.10. The normalized spacial score (nSPS) is 9.81. The SMILES string of the molecule is C#CCCCNc1cnn(CC)c(=O)c1Br. The van der Waals surface area contributed by atoms with Gasteiger partial charge in [0.25, 0.3) is 5.56 Å². The van der Waals surface area contributed by atoms with Crippen molar-refractivity contribution < 1.29 is 0 Å². The molecule has 0 aromatic carbocycles. The summed E-state index contributed by atoms with van der Waals surface area (Å²) >= 11 is 3.26. The van der Waals surface area contributed by atoms with Crippen molar-refractivity contribution >= 4 is 21.6 Å². The van der Waals surface area contributed by atoms with Crippen LogP contribution >= 0.6 is 15.9 Å². The zero-order valence-corrected chi connectivity index (χ0v) is 10.7. The van der Waals surface area contributed by atoms with Crippen molar-refractivity contribution in [1.29, 1.82) is 0 Å². The van der Waals surface area contributed by atoms with E-state index in [-0.39, 0.29) is 5.56 Å². The van der Waals surface area contributed by atoms with Gasteiger partial charge in [0, 0.05) is 19.5 Å². The number of hydrogen-bond acceptors (Lipinski definition) is 3. The lowest BCUT2D eigenvalue weighted by Crippen LogP contribution is -2.23. The molecular formula is C11H14BrN3O. The van der Waals surface area contributed by atoms with E-state index in [0.29, 0.717) is 16.7 Å². The number of rotatable bonds is 5. The van der Waals surface area contributed by atoms with Crippen LogP contribution in [0.25, 0.3) is 0 Å². The van der Waals surface area contributed by atoms with E-state index < -0.39 is 0 Å². The quantitative estimate of drug-likeness (QED) is 0.663. The molecule has 1 rings (SSSR count). The van der Waals surface area contributed by atoms with Crippen LogP contribution in [0.4, 0.5) is 5.69 Å². The predicted octanol–water partition coefficient (Wildman–Crippen LogP) is 1.85.